The second-order valence-corrected chi connectivity index (χ2v) is 2.93. The second kappa shape index (κ2) is 3.35. The van der Waals surface area contributed by atoms with Crippen LogP contribution in [0.1, 0.15) is 19.3 Å². The average Bonchev–Trinajstić information content (AvgIpc) is 1.90. The molecule has 0 aromatic carbocycles. The molecule has 0 heterocycles. The van der Waals surface area contributed by atoms with Gasteiger partial charge in [0.2, 0.25) is 0 Å². The van der Waals surface area contributed by atoms with Gasteiger partial charge in [-0.25, -0.2) is 4.39 Å². The van der Waals surface area contributed by atoms with Gasteiger partial charge in [-0.05, 0) is 19.3 Å². The SMILES string of the molecule is FC1CC=C(CBr)CC1. The second-order valence-electron chi connectivity index (χ2n) is 2.37. The van der Waals surface area contributed by atoms with Crippen molar-refractivity contribution in [2.45, 2.75) is 25.4 Å². The summed E-state index contributed by atoms with van der Waals surface area (Å²) >= 11 is 3.34. The maximum Gasteiger partial charge on any atom is 0.104 e. The Balaban J connectivity index is 2.40. The molecule has 1 aliphatic rings. The smallest absolute Gasteiger partial charge is 0.104 e. The van der Waals surface area contributed by atoms with Crippen molar-refractivity contribution in [3.63, 3.8) is 0 Å². The molecular weight excluding hydrogens is 183 g/mol. The Kier molecular flexibility index (Phi) is 2.70. The molecule has 0 aliphatic heterocycles. The summed E-state index contributed by atoms with van der Waals surface area (Å²) in [5.74, 6) is 0. The van der Waals surface area contributed by atoms with Crippen LogP contribution in [0.2, 0.25) is 0 Å². The van der Waals surface area contributed by atoms with E-state index in [2.05, 4.69) is 15.9 Å². The third kappa shape index (κ3) is 2.09. The Morgan fingerprint density at radius 1 is 1.78 bits per heavy atom. The highest BCUT2D eigenvalue weighted by atomic mass is 79.9. The summed E-state index contributed by atoms with van der Waals surface area (Å²) in [6.45, 7) is 0. The fourth-order valence-corrected chi connectivity index (χ4v) is 1.49. The maximum absolute atomic E-state index is 12.4. The van der Waals surface area contributed by atoms with Crippen LogP contribution in [-0.2, 0) is 0 Å². The Hall–Kier alpha value is 0.150. The molecule has 52 valence electrons. The van der Waals surface area contributed by atoms with E-state index < -0.39 is 6.17 Å². The average molecular weight is 193 g/mol. The van der Waals surface area contributed by atoms with E-state index in [1.807, 2.05) is 6.08 Å². The molecule has 0 fully saturated rings. The quantitative estimate of drug-likeness (QED) is 0.443. The lowest BCUT2D eigenvalue weighted by molar-refractivity contribution is 0.308. The molecule has 1 rings (SSSR count). The minimum Gasteiger partial charge on any atom is -0.247 e. The molecule has 0 amide bonds. The van der Waals surface area contributed by atoms with E-state index >= 15 is 0 Å². The predicted octanol–water partition coefficient (Wildman–Crippen LogP) is 2.83. The van der Waals surface area contributed by atoms with Gasteiger partial charge in [0.1, 0.15) is 6.17 Å². The molecule has 0 nitrogen and oxygen atoms in total. The zero-order chi connectivity index (χ0) is 6.69. The minimum absolute atomic E-state index is 0.576. The molecule has 2 heteroatoms. The van der Waals surface area contributed by atoms with E-state index in [-0.39, 0.29) is 0 Å². The number of halogens is 2. The summed E-state index contributed by atoms with van der Waals surface area (Å²) < 4.78 is 12.4. The predicted molar refractivity (Wildman–Crippen MR) is 40.6 cm³/mol. The summed E-state index contributed by atoms with van der Waals surface area (Å²) in [6.07, 6.45) is 3.71. The summed E-state index contributed by atoms with van der Waals surface area (Å²) in [7, 11) is 0. The molecule has 0 aromatic rings. The van der Waals surface area contributed by atoms with E-state index in [9.17, 15) is 4.39 Å². The Bertz CT molecular complexity index is 120. The van der Waals surface area contributed by atoms with Crippen LogP contribution >= 0.6 is 15.9 Å². The molecule has 9 heavy (non-hydrogen) atoms. The highest BCUT2D eigenvalue weighted by Crippen LogP contribution is 2.21. The first-order valence-electron chi connectivity index (χ1n) is 3.21. The number of alkyl halides is 2. The van der Waals surface area contributed by atoms with Gasteiger partial charge in [0.05, 0.1) is 0 Å². The zero-order valence-corrected chi connectivity index (χ0v) is 6.83. The molecule has 0 radical (unpaired) electrons. The molecule has 0 saturated heterocycles. The summed E-state index contributed by atoms with van der Waals surface area (Å²) in [5.41, 5.74) is 1.35. The van der Waals surface area contributed by atoms with Gasteiger partial charge < -0.3 is 0 Å². The van der Waals surface area contributed by atoms with Crippen LogP contribution in [0.4, 0.5) is 4.39 Å². The first-order chi connectivity index (χ1) is 4.33. The van der Waals surface area contributed by atoms with E-state index in [4.69, 9.17) is 0 Å². The lowest BCUT2D eigenvalue weighted by Gasteiger charge is -2.13. The van der Waals surface area contributed by atoms with Gasteiger partial charge in [0.15, 0.2) is 0 Å². The molecule has 0 N–H and O–H groups in total. The molecule has 0 aromatic heterocycles. The molecule has 0 bridgehead atoms. The van der Waals surface area contributed by atoms with Gasteiger partial charge in [-0.3, -0.25) is 0 Å². The molecular formula is C7H10BrF. The number of rotatable bonds is 1. The van der Waals surface area contributed by atoms with Crippen molar-refractivity contribution in [1.82, 2.24) is 0 Å². The van der Waals surface area contributed by atoms with Gasteiger partial charge in [-0.15, -0.1) is 0 Å². The first-order valence-corrected chi connectivity index (χ1v) is 4.33. The van der Waals surface area contributed by atoms with Crippen molar-refractivity contribution in [3.05, 3.63) is 11.6 Å². The van der Waals surface area contributed by atoms with E-state index in [0.717, 1.165) is 18.2 Å². The van der Waals surface area contributed by atoms with Crippen LogP contribution in [0.25, 0.3) is 0 Å². The molecule has 1 aliphatic carbocycles. The standard InChI is InChI=1S/C7H10BrF/c8-5-6-1-3-7(9)4-2-6/h1,7H,2-5H2. The van der Waals surface area contributed by atoms with Crippen LogP contribution in [-0.4, -0.2) is 11.5 Å². The Labute approximate surface area is 63.3 Å². The monoisotopic (exact) mass is 192 g/mol. The fraction of sp³-hybridized carbons (Fsp3) is 0.714. The normalized spacial score (nSPS) is 27.8. The zero-order valence-electron chi connectivity index (χ0n) is 5.24. The van der Waals surface area contributed by atoms with Crippen molar-refractivity contribution < 1.29 is 4.39 Å². The van der Waals surface area contributed by atoms with Gasteiger partial charge in [0.25, 0.3) is 0 Å². The van der Waals surface area contributed by atoms with Gasteiger partial charge in [-0.2, -0.15) is 0 Å². The van der Waals surface area contributed by atoms with Crippen LogP contribution < -0.4 is 0 Å². The van der Waals surface area contributed by atoms with Gasteiger partial charge >= 0.3 is 0 Å². The molecule has 0 spiro atoms. The first kappa shape index (κ1) is 7.26. The molecule has 1 unspecified atom stereocenters. The van der Waals surface area contributed by atoms with E-state index in [1.54, 1.807) is 0 Å². The number of hydrogen-bond acceptors (Lipinski definition) is 0. The number of hydrogen-bond donors (Lipinski definition) is 0. The van der Waals surface area contributed by atoms with Crippen molar-refractivity contribution >= 4 is 15.9 Å². The third-order valence-electron chi connectivity index (χ3n) is 1.61. The van der Waals surface area contributed by atoms with Crippen molar-refractivity contribution in [2.24, 2.45) is 0 Å². The van der Waals surface area contributed by atoms with Gasteiger partial charge in [-0.1, -0.05) is 27.6 Å². The van der Waals surface area contributed by atoms with Gasteiger partial charge in [0, 0.05) is 5.33 Å². The molecule has 1 atom stereocenters. The third-order valence-corrected chi connectivity index (χ3v) is 2.33. The lowest BCUT2D eigenvalue weighted by Crippen LogP contribution is -2.05. The van der Waals surface area contributed by atoms with E-state index in [0.29, 0.717) is 6.42 Å². The summed E-state index contributed by atoms with van der Waals surface area (Å²) in [5, 5.41) is 0.916. The summed E-state index contributed by atoms with van der Waals surface area (Å²) in [6, 6.07) is 0. The van der Waals surface area contributed by atoms with Crippen LogP contribution in [0.5, 0.6) is 0 Å². The molecule has 0 saturated carbocycles. The van der Waals surface area contributed by atoms with E-state index in [1.165, 1.54) is 5.57 Å². The van der Waals surface area contributed by atoms with Crippen LogP contribution in [0.15, 0.2) is 11.6 Å². The van der Waals surface area contributed by atoms with Crippen molar-refractivity contribution in [1.29, 1.82) is 0 Å². The Morgan fingerprint density at radius 3 is 3.00 bits per heavy atom. The highest BCUT2D eigenvalue weighted by Gasteiger charge is 2.11. The fourth-order valence-electron chi connectivity index (χ4n) is 0.978. The van der Waals surface area contributed by atoms with Crippen molar-refractivity contribution in [3.8, 4) is 0 Å². The van der Waals surface area contributed by atoms with Crippen molar-refractivity contribution in [2.75, 3.05) is 5.33 Å². The topological polar surface area (TPSA) is 0 Å². The van der Waals surface area contributed by atoms with Crippen LogP contribution in [0.3, 0.4) is 0 Å². The lowest BCUT2D eigenvalue weighted by atomic mass is 10.00. The van der Waals surface area contributed by atoms with Crippen LogP contribution in [0, 0.1) is 0 Å². The summed E-state index contributed by atoms with van der Waals surface area (Å²) in [4.78, 5) is 0. The number of allylic oxidation sites excluding steroid dienone is 2. The highest BCUT2D eigenvalue weighted by molar-refractivity contribution is 9.09. The largest absolute Gasteiger partial charge is 0.247 e. The maximum atomic E-state index is 12.4. The minimum atomic E-state index is -0.576. The Morgan fingerprint density at radius 2 is 2.56 bits per heavy atom.